The molecule has 1 N–H and O–H groups in total. The molecule has 2 heterocycles. The van der Waals surface area contributed by atoms with Crippen LogP contribution in [0.4, 0.5) is 5.82 Å². The molecule has 1 aliphatic heterocycles. The molecule has 1 aromatic rings. The molecule has 0 aliphatic carbocycles. The third-order valence-electron chi connectivity index (χ3n) is 3.61. The van der Waals surface area contributed by atoms with Crippen molar-refractivity contribution in [1.29, 1.82) is 0 Å². The predicted molar refractivity (Wildman–Crippen MR) is 81.3 cm³/mol. The SMILES string of the molecule is CCCOc1cc(N2CCCC(CNCC)C2)ncn1. The highest BCUT2D eigenvalue weighted by molar-refractivity contribution is 5.41. The zero-order chi connectivity index (χ0) is 14.2. The van der Waals surface area contributed by atoms with Crippen molar-refractivity contribution < 1.29 is 4.74 Å². The number of rotatable bonds is 7. The number of nitrogens with one attached hydrogen (secondary N) is 1. The summed E-state index contributed by atoms with van der Waals surface area (Å²) in [6.07, 6.45) is 5.13. The number of piperidine rings is 1. The van der Waals surface area contributed by atoms with Crippen LogP contribution in [0.15, 0.2) is 12.4 Å². The summed E-state index contributed by atoms with van der Waals surface area (Å²) in [5, 5.41) is 3.45. The summed E-state index contributed by atoms with van der Waals surface area (Å²) in [6, 6.07) is 1.96. The van der Waals surface area contributed by atoms with Gasteiger partial charge >= 0.3 is 0 Å². The Morgan fingerprint density at radius 2 is 2.30 bits per heavy atom. The van der Waals surface area contributed by atoms with E-state index in [1.165, 1.54) is 12.8 Å². The maximum Gasteiger partial charge on any atom is 0.218 e. The Kier molecular flexibility index (Phi) is 6.05. The Hall–Kier alpha value is -1.36. The van der Waals surface area contributed by atoms with Crippen LogP contribution in [0.25, 0.3) is 0 Å². The summed E-state index contributed by atoms with van der Waals surface area (Å²) in [4.78, 5) is 10.9. The zero-order valence-corrected chi connectivity index (χ0v) is 12.6. The molecule has 112 valence electrons. The van der Waals surface area contributed by atoms with Crippen molar-refractivity contribution in [3.05, 3.63) is 12.4 Å². The van der Waals surface area contributed by atoms with Crippen LogP contribution in [0.2, 0.25) is 0 Å². The van der Waals surface area contributed by atoms with E-state index in [0.717, 1.165) is 38.4 Å². The smallest absolute Gasteiger partial charge is 0.218 e. The molecule has 0 bridgehead atoms. The summed E-state index contributed by atoms with van der Waals surface area (Å²) >= 11 is 0. The lowest BCUT2D eigenvalue weighted by atomic mass is 9.98. The number of nitrogens with zero attached hydrogens (tertiary/aromatic N) is 3. The molecule has 1 aromatic heterocycles. The van der Waals surface area contributed by atoms with E-state index < -0.39 is 0 Å². The van der Waals surface area contributed by atoms with E-state index in [1.807, 2.05) is 6.07 Å². The average Bonchev–Trinajstić information content (AvgIpc) is 2.51. The number of hydrogen-bond donors (Lipinski definition) is 1. The van der Waals surface area contributed by atoms with Crippen LogP contribution in [0, 0.1) is 5.92 Å². The van der Waals surface area contributed by atoms with E-state index in [0.29, 0.717) is 18.4 Å². The van der Waals surface area contributed by atoms with Crippen molar-refractivity contribution in [2.75, 3.05) is 37.7 Å². The first-order chi connectivity index (χ1) is 9.83. The van der Waals surface area contributed by atoms with Crippen LogP contribution in [0.1, 0.15) is 33.1 Å². The zero-order valence-electron chi connectivity index (χ0n) is 12.6. The molecule has 0 radical (unpaired) electrons. The average molecular weight is 278 g/mol. The van der Waals surface area contributed by atoms with Crippen LogP contribution in [0.3, 0.4) is 0 Å². The van der Waals surface area contributed by atoms with E-state index in [-0.39, 0.29) is 0 Å². The fraction of sp³-hybridized carbons (Fsp3) is 0.733. The Morgan fingerprint density at radius 1 is 1.40 bits per heavy atom. The maximum absolute atomic E-state index is 5.59. The molecule has 1 fully saturated rings. The molecule has 0 aromatic carbocycles. The number of anilines is 1. The predicted octanol–water partition coefficient (Wildman–Crippen LogP) is 2.09. The summed E-state index contributed by atoms with van der Waals surface area (Å²) in [6.45, 7) is 9.24. The second kappa shape index (κ2) is 8.04. The lowest BCUT2D eigenvalue weighted by molar-refractivity contribution is 0.304. The van der Waals surface area contributed by atoms with Crippen molar-refractivity contribution in [1.82, 2.24) is 15.3 Å². The molecular formula is C15H26N4O. The first kappa shape index (κ1) is 15.0. The highest BCUT2D eigenvalue weighted by Gasteiger charge is 2.20. The molecule has 1 unspecified atom stereocenters. The molecule has 0 amide bonds. The molecule has 1 atom stereocenters. The van der Waals surface area contributed by atoms with Crippen LogP contribution in [-0.2, 0) is 0 Å². The Morgan fingerprint density at radius 3 is 3.10 bits per heavy atom. The Bertz CT molecular complexity index is 399. The quantitative estimate of drug-likeness (QED) is 0.827. The molecule has 1 aliphatic rings. The van der Waals surface area contributed by atoms with Gasteiger partial charge in [-0.2, -0.15) is 0 Å². The van der Waals surface area contributed by atoms with Gasteiger partial charge in [0.1, 0.15) is 12.1 Å². The van der Waals surface area contributed by atoms with Crippen molar-refractivity contribution in [3.8, 4) is 5.88 Å². The van der Waals surface area contributed by atoms with Crippen molar-refractivity contribution in [2.24, 2.45) is 5.92 Å². The Labute approximate surface area is 121 Å². The van der Waals surface area contributed by atoms with Gasteiger partial charge in [-0.25, -0.2) is 9.97 Å². The highest BCUT2D eigenvalue weighted by atomic mass is 16.5. The fourth-order valence-corrected chi connectivity index (χ4v) is 2.58. The van der Waals surface area contributed by atoms with E-state index >= 15 is 0 Å². The van der Waals surface area contributed by atoms with Gasteiger partial charge in [-0.3, -0.25) is 0 Å². The molecule has 0 spiro atoms. The monoisotopic (exact) mass is 278 g/mol. The van der Waals surface area contributed by atoms with E-state index in [9.17, 15) is 0 Å². The van der Waals surface area contributed by atoms with Crippen LogP contribution >= 0.6 is 0 Å². The van der Waals surface area contributed by atoms with E-state index in [4.69, 9.17) is 4.74 Å². The van der Waals surface area contributed by atoms with Crippen molar-refractivity contribution in [3.63, 3.8) is 0 Å². The lowest BCUT2D eigenvalue weighted by Crippen LogP contribution is -2.40. The Balaban J connectivity index is 1.95. The third-order valence-corrected chi connectivity index (χ3v) is 3.61. The van der Waals surface area contributed by atoms with Gasteiger partial charge < -0.3 is 15.0 Å². The van der Waals surface area contributed by atoms with Gasteiger partial charge in [0.15, 0.2) is 0 Å². The highest BCUT2D eigenvalue weighted by Crippen LogP contribution is 2.23. The van der Waals surface area contributed by atoms with Crippen molar-refractivity contribution in [2.45, 2.75) is 33.1 Å². The first-order valence-corrected chi connectivity index (χ1v) is 7.74. The molecule has 1 saturated heterocycles. The van der Waals surface area contributed by atoms with Gasteiger partial charge in [-0.15, -0.1) is 0 Å². The number of hydrogen-bond acceptors (Lipinski definition) is 5. The lowest BCUT2D eigenvalue weighted by Gasteiger charge is -2.33. The number of aromatic nitrogens is 2. The summed E-state index contributed by atoms with van der Waals surface area (Å²) in [5.74, 6) is 2.39. The van der Waals surface area contributed by atoms with Crippen LogP contribution < -0.4 is 15.0 Å². The molecule has 0 saturated carbocycles. The minimum Gasteiger partial charge on any atom is -0.478 e. The molecule has 20 heavy (non-hydrogen) atoms. The topological polar surface area (TPSA) is 50.3 Å². The van der Waals surface area contributed by atoms with Crippen LogP contribution in [0.5, 0.6) is 5.88 Å². The van der Waals surface area contributed by atoms with E-state index in [1.54, 1.807) is 6.33 Å². The van der Waals surface area contributed by atoms with Crippen molar-refractivity contribution >= 4 is 5.82 Å². The largest absolute Gasteiger partial charge is 0.478 e. The molecule has 5 heteroatoms. The fourth-order valence-electron chi connectivity index (χ4n) is 2.58. The molecule has 5 nitrogen and oxygen atoms in total. The molecular weight excluding hydrogens is 252 g/mol. The van der Waals surface area contributed by atoms with Gasteiger partial charge in [-0.05, 0) is 38.3 Å². The van der Waals surface area contributed by atoms with Gasteiger partial charge in [0, 0.05) is 19.2 Å². The normalized spacial score (nSPS) is 19.1. The number of ether oxygens (including phenoxy) is 1. The summed E-state index contributed by atoms with van der Waals surface area (Å²) < 4.78 is 5.59. The summed E-state index contributed by atoms with van der Waals surface area (Å²) in [5.41, 5.74) is 0. The van der Waals surface area contributed by atoms with Gasteiger partial charge in [0.05, 0.1) is 6.61 Å². The van der Waals surface area contributed by atoms with Gasteiger partial charge in [0.2, 0.25) is 5.88 Å². The minimum absolute atomic E-state index is 0.686. The summed E-state index contributed by atoms with van der Waals surface area (Å²) in [7, 11) is 0. The molecule has 2 rings (SSSR count). The second-order valence-corrected chi connectivity index (χ2v) is 5.32. The van der Waals surface area contributed by atoms with Crippen LogP contribution in [-0.4, -0.2) is 42.8 Å². The van der Waals surface area contributed by atoms with Gasteiger partial charge in [-0.1, -0.05) is 13.8 Å². The third kappa shape index (κ3) is 4.34. The maximum atomic E-state index is 5.59. The minimum atomic E-state index is 0.686. The first-order valence-electron chi connectivity index (χ1n) is 7.74. The second-order valence-electron chi connectivity index (χ2n) is 5.32. The standard InChI is InChI=1S/C15H26N4O/c1-3-8-20-15-9-14(17-12-18-15)19-7-5-6-13(11-19)10-16-4-2/h9,12-13,16H,3-8,10-11H2,1-2H3. The van der Waals surface area contributed by atoms with E-state index in [2.05, 4.69) is 34.0 Å². The van der Waals surface area contributed by atoms with Gasteiger partial charge in [0.25, 0.3) is 0 Å².